The van der Waals surface area contributed by atoms with Gasteiger partial charge in [0.25, 0.3) is 11.5 Å². The largest absolute Gasteiger partial charge is 0.355 e. The molecule has 2 unspecified atom stereocenters. The summed E-state index contributed by atoms with van der Waals surface area (Å²) in [5, 5.41) is 0. The van der Waals surface area contributed by atoms with Crippen LogP contribution in [-0.2, 0) is 4.79 Å². The van der Waals surface area contributed by atoms with Crippen LogP contribution < -0.4 is 10.5 Å². The first-order valence-electron chi connectivity index (χ1n) is 9.33. The molecular weight excluding hydrogens is 392 g/mol. The van der Waals surface area contributed by atoms with Crippen molar-refractivity contribution in [1.29, 1.82) is 0 Å². The highest BCUT2D eigenvalue weighted by Crippen LogP contribution is 2.33. The van der Waals surface area contributed by atoms with Crippen molar-refractivity contribution in [2.45, 2.75) is 20.3 Å². The molecule has 2 aromatic heterocycles. The Hall–Kier alpha value is -2.19. The number of carbonyl (C=O) groups is 1. The topological polar surface area (TPSA) is 57.9 Å². The maximum Gasteiger partial charge on any atom is 0.267 e. The van der Waals surface area contributed by atoms with Crippen LogP contribution in [0.4, 0.5) is 5.82 Å². The molecule has 2 aliphatic heterocycles. The molecule has 0 aromatic carbocycles. The maximum atomic E-state index is 13.3. The van der Waals surface area contributed by atoms with Crippen molar-refractivity contribution in [2.24, 2.45) is 11.8 Å². The summed E-state index contributed by atoms with van der Waals surface area (Å²) in [6.07, 6.45) is 4.53. The number of rotatable bonds is 2. The van der Waals surface area contributed by atoms with E-state index >= 15 is 0 Å². The van der Waals surface area contributed by atoms with Crippen LogP contribution in [0.5, 0.6) is 0 Å². The van der Waals surface area contributed by atoms with Gasteiger partial charge in [0.15, 0.2) is 0 Å². The predicted molar refractivity (Wildman–Crippen MR) is 118 cm³/mol. The number of thiocarbonyl (C=S) groups is 1. The molecule has 2 aromatic rings. The Morgan fingerprint density at radius 2 is 1.93 bits per heavy atom. The van der Waals surface area contributed by atoms with Crippen LogP contribution in [0.25, 0.3) is 11.7 Å². The monoisotopic (exact) mass is 414 g/mol. The highest BCUT2D eigenvalue weighted by atomic mass is 32.2. The zero-order valence-electron chi connectivity index (χ0n) is 16.1. The number of anilines is 1. The molecule has 0 radical (unpaired) electrons. The van der Waals surface area contributed by atoms with Crippen LogP contribution in [0, 0.1) is 11.8 Å². The molecule has 1 amide bonds. The molecule has 146 valence electrons. The van der Waals surface area contributed by atoms with Gasteiger partial charge in [0.05, 0.1) is 10.5 Å². The summed E-state index contributed by atoms with van der Waals surface area (Å²) in [6, 6.07) is 5.50. The molecule has 6 nitrogen and oxygen atoms in total. The Morgan fingerprint density at radius 3 is 2.57 bits per heavy atom. The number of thioether (sulfide) groups is 1. The Bertz CT molecular complexity index is 1050. The fourth-order valence-electron chi connectivity index (χ4n) is 3.97. The summed E-state index contributed by atoms with van der Waals surface area (Å²) < 4.78 is 2.02. The summed E-state index contributed by atoms with van der Waals surface area (Å²) in [4.78, 5) is 34.7. The minimum Gasteiger partial charge on any atom is -0.355 e. The molecule has 4 heterocycles. The Kier molecular flexibility index (Phi) is 5.01. The molecule has 2 atom stereocenters. The molecule has 28 heavy (non-hydrogen) atoms. The Balaban J connectivity index is 1.91. The minimum absolute atomic E-state index is 0.173. The SMILES string of the molecule is CC1CC(C)CN(c2nc3ccccn3c(=O)c2C=C2SC(=S)N(C)C2=O)C1. The number of hydrogen-bond acceptors (Lipinski definition) is 6. The van der Waals surface area contributed by atoms with Gasteiger partial charge in [-0.15, -0.1) is 0 Å². The first kappa shape index (κ1) is 19.1. The number of amides is 1. The third-order valence-corrected chi connectivity index (χ3v) is 6.66. The molecule has 0 bridgehead atoms. The van der Waals surface area contributed by atoms with Gasteiger partial charge in [0.2, 0.25) is 0 Å². The second-order valence-electron chi connectivity index (χ2n) is 7.67. The predicted octanol–water partition coefficient (Wildman–Crippen LogP) is 3.01. The summed E-state index contributed by atoms with van der Waals surface area (Å²) in [7, 11) is 1.65. The minimum atomic E-state index is -0.182. The van der Waals surface area contributed by atoms with Crippen LogP contribution in [0.1, 0.15) is 25.8 Å². The zero-order chi connectivity index (χ0) is 20.0. The van der Waals surface area contributed by atoms with E-state index in [1.165, 1.54) is 21.1 Å². The normalized spacial score (nSPS) is 24.6. The molecule has 8 heteroatoms. The van der Waals surface area contributed by atoms with Crippen molar-refractivity contribution in [3.05, 3.63) is 45.2 Å². The van der Waals surface area contributed by atoms with Crippen LogP contribution in [0.3, 0.4) is 0 Å². The third-order valence-electron chi connectivity index (χ3n) is 5.18. The van der Waals surface area contributed by atoms with E-state index in [2.05, 4.69) is 18.7 Å². The van der Waals surface area contributed by atoms with E-state index in [0.29, 0.717) is 38.1 Å². The van der Waals surface area contributed by atoms with E-state index in [0.717, 1.165) is 19.5 Å². The van der Waals surface area contributed by atoms with Crippen molar-refractivity contribution >= 4 is 51.7 Å². The lowest BCUT2D eigenvalue weighted by Gasteiger charge is -2.36. The number of hydrogen-bond donors (Lipinski definition) is 0. The van der Waals surface area contributed by atoms with Gasteiger partial charge in [-0.3, -0.25) is 18.9 Å². The van der Waals surface area contributed by atoms with E-state index in [1.807, 2.05) is 12.1 Å². The summed E-state index contributed by atoms with van der Waals surface area (Å²) >= 11 is 6.45. The van der Waals surface area contributed by atoms with Gasteiger partial charge < -0.3 is 4.90 Å². The third kappa shape index (κ3) is 3.35. The molecule has 2 fully saturated rings. The number of piperidine rings is 1. The highest BCUT2D eigenvalue weighted by Gasteiger charge is 2.31. The van der Waals surface area contributed by atoms with Crippen LogP contribution in [-0.4, -0.2) is 44.6 Å². The molecule has 0 aliphatic carbocycles. The van der Waals surface area contributed by atoms with Gasteiger partial charge in [0, 0.05) is 26.3 Å². The van der Waals surface area contributed by atoms with Crippen molar-refractivity contribution < 1.29 is 4.79 Å². The van der Waals surface area contributed by atoms with E-state index in [1.54, 1.807) is 25.4 Å². The van der Waals surface area contributed by atoms with Crippen LogP contribution >= 0.6 is 24.0 Å². The molecule has 4 rings (SSSR count). The van der Waals surface area contributed by atoms with Crippen molar-refractivity contribution in [3.8, 4) is 0 Å². The van der Waals surface area contributed by atoms with Gasteiger partial charge in [-0.05, 0) is 36.5 Å². The molecule has 2 aliphatic rings. The standard InChI is InChI=1S/C20H22N4O2S2/c1-12-8-13(2)11-23(10-12)17-14(9-15-19(26)22(3)20(27)28-15)18(25)24-7-5-4-6-16(24)21-17/h4-7,9,12-13H,8,10-11H2,1-3H3. The lowest BCUT2D eigenvalue weighted by Crippen LogP contribution is -2.40. The average Bonchev–Trinajstić information content (AvgIpc) is 2.90. The number of aromatic nitrogens is 2. The van der Waals surface area contributed by atoms with Gasteiger partial charge in [-0.1, -0.05) is 43.9 Å². The smallest absolute Gasteiger partial charge is 0.267 e. The number of fused-ring (bicyclic) bond motifs is 1. The van der Waals surface area contributed by atoms with E-state index in [4.69, 9.17) is 17.2 Å². The molecule has 0 spiro atoms. The average molecular weight is 415 g/mol. The van der Waals surface area contributed by atoms with E-state index in [-0.39, 0.29) is 11.5 Å². The van der Waals surface area contributed by atoms with Gasteiger partial charge >= 0.3 is 0 Å². The number of nitrogens with zero attached hydrogens (tertiary/aromatic N) is 4. The van der Waals surface area contributed by atoms with Gasteiger partial charge in [0.1, 0.15) is 15.8 Å². The summed E-state index contributed by atoms with van der Waals surface area (Å²) in [6.45, 7) is 6.13. The fourth-order valence-corrected chi connectivity index (χ4v) is 5.13. The molecule has 0 N–H and O–H groups in total. The lowest BCUT2D eigenvalue weighted by molar-refractivity contribution is -0.121. The zero-order valence-corrected chi connectivity index (χ0v) is 17.7. The van der Waals surface area contributed by atoms with E-state index < -0.39 is 0 Å². The molecular formula is C20H22N4O2S2. The molecule has 2 saturated heterocycles. The van der Waals surface area contributed by atoms with Crippen LogP contribution in [0.15, 0.2) is 34.1 Å². The summed E-state index contributed by atoms with van der Waals surface area (Å²) in [5.41, 5.74) is 0.875. The Morgan fingerprint density at radius 1 is 1.21 bits per heavy atom. The van der Waals surface area contributed by atoms with Gasteiger partial charge in [-0.2, -0.15) is 0 Å². The quantitative estimate of drug-likeness (QED) is 0.556. The van der Waals surface area contributed by atoms with Gasteiger partial charge in [-0.25, -0.2) is 4.98 Å². The maximum absolute atomic E-state index is 13.3. The second-order valence-corrected chi connectivity index (χ2v) is 9.35. The number of carbonyl (C=O) groups excluding carboxylic acids is 1. The van der Waals surface area contributed by atoms with E-state index in [9.17, 15) is 9.59 Å². The van der Waals surface area contributed by atoms with Crippen LogP contribution in [0.2, 0.25) is 0 Å². The molecule has 0 saturated carbocycles. The lowest BCUT2D eigenvalue weighted by atomic mass is 9.91. The van der Waals surface area contributed by atoms with Crippen molar-refractivity contribution in [2.75, 3.05) is 25.0 Å². The second kappa shape index (κ2) is 7.33. The van der Waals surface area contributed by atoms with Crippen molar-refractivity contribution in [1.82, 2.24) is 14.3 Å². The highest BCUT2D eigenvalue weighted by molar-refractivity contribution is 8.26. The Labute approximate surface area is 173 Å². The first-order chi connectivity index (χ1) is 13.3. The fraction of sp³-hybridized carbons (Fsp3) is 0.400. The number of pyridine rings is 1. The first-order valence-corrected chi connectivity index (χ1v) is 10.6. The van der Waals surface area contributed by atoms with Crippen molar-refractivity contribution in [3.63, 3.8) is 0 Å². The summed E-state index contributed by atoms with van der Waals surface area (Å²) in [5.74, 6) is 1.50. The number of likely N-dealkylation sites (N-methyl/N-ethyl adjacent to an activating group) is 1.